The van der Waals surface area contributed by atoms with Crippen LogP contribution >= 0.6 is 0 Å². The van der Waals surface area contributed by atoms with Gasteiger partial charge in [-0.25, -0.2) is 0 Å². The molecule has 3 heteroatoms. The number of nitrogens with two attached hydrogens (primary N) is 1. The molecule has 1 saturated heterocycles. The van der Waals surface area contributed by atoms with Gasteiger partial charge < -0.3 is 10.5 Å². The van der Waals surface area contributed by atoms with E-state index in [0.717, 1.165) is 30.7 Å². The summed E-state index contributed by atoms with van der Waals surface area (Å²) in [5.74, 6) is 2.59. The van der Waals surface area contributed by atoms with Crippen LogP contribution in [0.25, 0.3) is 0 Å². The fourth-order valence-electron chi connectivity index (χ4n) is 3.54. The molecule has 118 valence electrons. The highest BCUT2D eigenvalue weighted by Crippen LogP contribution is 2.32. The number of benzene rings is 1. The van der Waals surface area contributed by atoms with Crippen molar-refractivity contribution in [3.8, 4) is 5.75 Å². The van der Waals surface area contributed by atoms with Crippen LogP contribution in [0.5, 0.6) is 5.75 Å². The first-order chi connectivity index (χ1) is 10.2. The monoisotopic (exact) mass is 290 g/mol. The summed E-state index contributed by atoms with van der Waals surface area (Å²) in [6, 6.07) is 8.56. The van der Waals surface area contributed by atoms with Crippen LogP contribution in [-0.4, -0.2) is 31.6 Å². The lowest BCUT2D eigenvalue weighted by Gasteiger charge is -2.31. The summed E-state index contributed by atoms with van der Waals surface area (Å²) in [5.41, 5.74) is 7.33. The number of hydrogen-bond acceptors (Lipinski definition) is 3. The van der Waals surface area contributed by atoms with Gasteiger partial charge in [0.25, 0.3) is 0 Å². The van der Waals surface area contributed by atoms with Gasteiger partial charge in [-0.3, -0.25) is 4.90 Å². The summed E-state index contributed by atoms with van der Waals surface area (Å²) in [6.07, 6.45) is 3.90. The molecule has 0 spiro atoms. The molecule has 2 unspecified atom stereocenters. The molecule has 1 heterocycles. The Morgan fingerprint density at radius 3 is 2.67 bits per heavy atom. The van der Waals surface area contributed by atoms with Gasteiger partial charge in [-0.15, -0.1) is 0 Å². The average molecular weight is 290 g/mol. The number of rotatable bonds is 5. The lowest BCUT2D eigenvalue weighted by atomic mass is 9.89. The quantitative estimate of drug-likeness (QED) is 0.902. The van der Waals surface area contributed by atoms with Crippen molar-refractivity contribution in [2.24, 2.45) is 17.6 Å². The summed E-state index contributed by atoms with van der Waals surface area (Å²) < 4.78 is 5.53. The third kappa shape index (κ3) is 3.98. The molecular formula is C18H30N2O. The highest BCUT2D eigenvalue weighted by molar-refractivity contribution is 5.36. The van der Waals surface area contributed by atoms with E-state index < -0.39 is 0 Å². The van der Waals surface area contributed by atoms with Crippen LogP contribution in [0.3, 0.4) is 0 Å². The van der Waals surface area contributed by atoms with Crippen LogP contribution < -0.4 is 10.5 Å². The first-order valence-corrected chi connectivity index (χ1v) is 8.24. The van der Waals surface area contributed by atoms with E-state index >= 15 is 0 Å². The maximum Gasteiger partial charge on any atom is 0.123 e. The van der Waals surface area contributed by atoms with E-state index in [2.05, 4.69) is 30.9 Å². The molecule has 2 atom stereocenters. The third-order valence-electron chi connectivity index (χ3n) is 4.91. The second-order valence-electron chi connectivity index (χ2n) is 6.46. The largest absolute Gasteiger partial charge is 0.496 e. The van der Waals surface area contributed by atoms with Crippen molar-refractivity contribution in [3.05, 3.63) is 29.8 Å². The number of nitrogens with zero attached hydrogens (tertiary/aromatic N) is 1. The van der Waals surface area contributed by atoms with Crippen molar-refractivity contribution < 1.29 is 4.74 Å². The Morgan fingerprint density at radius 2 is 2.00 bits per heavy atom. The van der Waals surface area contributed by atoms with Gasteiger partial charge >= 0.3 is 0 Å². The molecule has 2 N–H and O–H groups in total. The molecule has 0 amide bonds. The number of likely N-dealkylation sites (tertiary alicyclic amines) is 1. The van der Waals surface area contributed by atoms with Gasteiger partial charge in [0.2, 0.25) is 0 Å². The van der Waals surface area contributed by atoms with Crippen LogP contribution in [0.4, 0.5) is 0 Å². The van der Waals surface area contributed by atoms with E-state index in [0.29, 0.717) is 6.54 Å². The summed E-state index contributed by atoms with van der Waals surface area (Å²) >= 11 is 0. The lowest BCUT2D eigenvalue weighted by molar-refractivity contribution is 0.200. The first kappa shape index (κ1) is 16.3. The smallest absolute Gasteiger partial charge is 0.123 e. The van der Waals surface area contributed by atoms with Gasteiger partial charge in [0.05, 0.1) is 13.2 Å². The van der Waals surface area contributed by atoms with E-state index in [1.807, 2.05) is 12.1 Å². The molecule has 1 aromatic carbocycles. The number of methoxy groups -OCH3 is 1. The molecule has 1 aliphatic heterocycles. The molecule has 0 bridgehead atoms. The predicted octanol–water partition coefficient (Wildman–Crippen LogP) is 3.45. The maximum absolute atomic E-state index is 6.11. The van der Waals surface area contributed by atoms with Crippen molar-refractivity contribution in [2.75, 3.05) is 26.7 Å². The molecule has 3 nitrogen and oxygen atoms in total. The van der Waals surface area contributed by atoms with Gasteiger partial charge in [0, 0.05) is 12.1 Å². The maximum atomic E-state index is 6.11. The SMILES string of the molecule is COc1ccccc1C(CN)N1CCCC(C(C)C)CC1. The molecule has 1 aromatic rings. The Bertz CT molecular complexity index is 433. The Hall–Kier alpha value is -1.06. The van der Waals surface area contributed by atoms with E-state index in [-0.39, 0.29) is 6.04 Å². The molecule has 21 heavy (non-hydrogen) atoms. The fourth-order valence-corrected chi connectivity index (χ4v) is 3.54. The Kier molecular flexibility index (Phi) is 6.07. The molecular weight excluding hydrogens is 260 g/mol. The van der Waals surface area contributed by atoms with Crippen molar-refractivity contribution in [3.63, 3.8) is 0 Å². The Morgan fingerprint density at radius 1 is 1.24 bits per heavy atom. The average Bonchev–Trinajstić information content (AvgIpc) is 2.75. The molecule has 0 saturated carbocycles. The minimum atomic E-state index is 0.270. The van der Waals surface area contributed by atoms with Crippen molar-refractivity contribution in [1.82, 2.24) is 4.90 Å². The molecule has 0 aliphatic carbocycles. The molecule has 0 aromatic heterocycles. The zero-order valence-electron chi connectivity index (χ0n) is 13.7. The van der Waals surface area contributed by atoms with Crippen molar-refractivity contribution in [2.45, 2.75) is 39.2 Å². The molecule has 2 rings (SSSR count). The van der Waals surface area contributed by atoms with E-state index in [9.17, 15) is 0 Å². The van der Waals surface area contributed by atoms with Crippen LogP contribution in [0.15, 0.2) is 24.3 Å². The standard InChI is InChI=1S/C18H30N2O/c1-14(2)15-7-6-11-20(12-10-15)17(13-19)16-8-4-5-9-18(16)21-3/h4-5,8-9,14-15,17H,6-7,10-13,19H2,1-3H3. The molecule has 1 fully saturated rings. The Labute approximate surface area is 129 Å². The second-order valence-corrected chi connectivity index (χ2v) is 6.46. The summed E-state index contributed by atoms with van der Waals surface area (Å²) in [5, 5.41) is 0. The Balaban J connectivity index is 2.14. The molecule has 1 aliphatic rings. The summed E-state index contributed by atoms with van der Waals surface area (Å²) in [7, 11) is 1.74. The van der Waals surface area contributed by atoms with Gasteiger partial charge in [0.15, 0.2) is 0 Å². The van der Waals surface area contributed by atoms with Gasteiger partial charge in [-0.1, -0.05) is 32.0 Å². The van der Waals surface area contributed by atoms with Gasteiger partial charge in [-0.05, 0) is 50.3 Å². The minimum absolute atomic E-state index is 0.270. The summed E-state index contributed by atoms with van der Waals surface area (Å²) in [6.45, 7) is 7.63. The zero-order valence-corrected chi connectivity index (χ0v) is 13.7. The zero-order chi connectivity index (χ0) is 15.2. The molecule has 0 radical (unpaired) electrons. The second kappa shape index (κ2) is 7.81. The van der Waals surface area contributed by atoms with Gasteiger partial charge in [-0.2, -0.15) is 0 Å². The lowest BCUT2D eigenvalue weighted by Crippen LogP contribution is -2.35. The topological polar surface area (TPSA) is 38.5 Å². The van der Waals surface area contributed by atoms with Crippen LogP contribution in [-0.2, 0) is 0 Å². The summed E-state index contributed by atoms with van der Waals surface area (Å²) in [4.78, 5) is 2.56. The number of hydrogen-bond donors (Lipinski definition) is 1. The predicted molar refractivity (Wildman–Crippen MR) is 88.5 cm³/mol. The van der Waals surface area contributed by atoms with E-state index in [4.69, 9.17) is 10.5 Å². The first-order valence-electron chi connectivity index (χ1n) is 8.24. The van der Waals surface area contributed by atoms with E-state index in [1.54, 1.807) is 7.11 Å². The van der Waals surface area contributed by atoms with E-state index in [1.165, 1.54) is 24.8 Å². The van der Waals surface area contributed by atoms with Crippen LogP contribution in [0.1, 0.15) is 44.7 Å². The fraction of sp³-hybridized carbons (Fsp3) is 0.667. The highest BCUT2D eigenvalue weighted by atomic mass is 16.5. The highest BCUT2D eigenvalue weighted by Gasteiger charge is 2.26. The number of ether oxygens (including phenoxy) is 1. The number of para-hydroxylation sites is 1. The van der Waals surface area contributed by atoms with Crippen molar-refractivity contribution >= 4 is 0 Å². The van der Waals surface area contributed by atoms with Crippen molar-refractivity contribution in [1.29, 1.82) is 0 Å². The normalized spacial score (nSPS) is 22.0. The van der Waals surface area contributed by atoms with Crippen LogP contribution in [0, 0.1) is 11.8 Å². The minimum Gasteiger partial charge on any atom is -0.496 e. The van der Waals surface area contributed by atoms with Crippen LogP contribution in [0.2, 0.25) is 0 Å². The van der Waals surface area contributed by atoms with Gasteiger partial charge in [0.1, 0.15) is 5.75 Å². The third-order valence-corrected chi connectivity index (χ3v) is 4.91.